The summed E-state index contributed by atoms with van der Waals surface area (Å²) in [5, 5.41) is 18.8. The molecule has 9 nitrogen and oxygen atoms in total. The number of non-ortho nitro benzene ring substituents is 1. The third-order valence-corrected chi connectivity index (χ3v) is 5.47. The summed E-state index contributed by atoms with van der Waals surface area (Å²) in [5.74, 6) is -0.187. The fourth-order valence-corrected chi connectivity index (χ4v) is 3.78. The van der Waals surface area contributed by atoms with Gasteiger partial charge >= 0.3 is 0 Å². The second-order valence-electron chi connectivity index (χ2n) is 7.49. The fourth-order valence-electron chi connectivity index (χ4n) is 3.59. The zero-order valence-corrected chi connectivity index (χ0v) is 19.4. The van der Waals surface area contributed by atoms with Crippen LogP contribution in [-0.2, 0) is 0 Å². The number of benzene rings is 3. The van der Waals surface area contributed by atoms with E-state index in [0.29, 0.717) is 22.0 Å². The SMILES string of the molecule is COc1ccccc1-c1c(NC(=O)c2cccc([N+](=O)[O-])c2)n(-c2cccc(Cl)c2)nc(C)c1=O. The van der Waals surface area contributed by atoms with E-state index >= 15 is 0 Å². The highest BCUT2D eigenvalue weighted by atomic mass is 35.5. The van der Waals surface area contributed by atoms with Crippen LogP contribution in [0.5, 0.6) is 5.75 Å². The van der Waals surface area contributed by atoms with Crippen molar-refractivity contribution in [2.24, 2.45) is 0 Å². The van der Waals surface area contributed by atoms with E-state index in [1.165, 1.54) is 30.0 Å². The Labute approximate surface area is 204 Å². The van der Waals surface area contributed by atoms with Gasteiger partial charge in [0.1, 0.15) is 17.3 Å². The van der Waals surface area contributed by atoms with Gasteiger partial charge in [-0.25, -0.2) is 4.68 Å². The minimum absolute atomic E-state index is 0.0378. The van der Waals surface area contributed by atoms with Crippen LogP contribution in [0.15, 0.2) is 77.6 Å². The summed E-state index contributed by atoms with van der Waals surface area (Å²) in [5.41, 5.74) is 0.643. The highest BCUT2D eigenvalue weighted by Crippen LogP contribution is 2.34. The van der Waals surface area contributed by atoms with Crippen LogP contribution < -0.4 is 15.5 Å². The molecule has 35 heavy (non-hydrogen) atoms. The van der Waals surface area contributed by atoms with Gasteiger partial charge < -0.3 is 10.1 Å². The third-order valence-electron chi connectivity index (χ3n) is 5.23. The van der Waals surface area contributed by atoms with Crippen LogP contribution in [0.3, 0.4) is 0 Å². The smallest absolute Gasteiger partial charge is 0.270 e. The molecular formula is C25H19ClN4O5. The van der Waals surface area contributed by atoms with Crippen molar-refractivity contribution in [3.8, 4) is 22.6 Å². The minimum Gasteiger partial charge on any atom is -0.496 e. The first-order chi connectivity index (χ1) is 16.8. The minimum atomic E-state index is -0.661. The lowest BCUT2D eigenvalue weighted by Gasteiger charge is -2.19. The van der Waals surface area contributed by atoms with Crippen LogP contribution in [-0.4, -0.2) is 27.7 Å². The van der Waals surface area contributed by atoms with Crippen molar-refractivity contribution in [3.05, 3.63) is 109 Å². The number of hydrogen-bond donors (Lipinski definition) is 1. The Bertz CT molecular complexity index is 1520. The summed E-state index contributed by atoms with van der Waals surface area (Å²) in [6.07, 6.45) is 0. The Morgan fingerprint density at radius 3 is 2.54 bits per heavy atom. The zero-order chi connectivity index (χ0) is 25.1. The van der Waals surface area contributed by atoms with E-state index in [9.17, 15) is 19.7 Å². The number of para-hydroxylation sites is 1. The quantitative estimate of drug-likeness (QED) is 0.299. The maximum atomic E-state index is 13.4. The van der Waals surface area contributed by atoms with Gasteiger partial charge in [0.15, 0.2) is 0 Å². The van der Waals surface area contributed by atoms with E-state index in [1.54, 1.807) is 55.5 Å². The van der Waals surface area contributed by atoms with Gasteiger partial charge in [0.2, 0.25) is 5.43 Å². The summed E-state index contributed by atoms with van der Waals surface area (Å²) >= 11 is 6.20. The van der Waals surface area contributed by atoms with Crippen molar-refractivity contribution >= 4 is 29.0 Å². The van der Waals surface area contributed by atoms with E-state index < -0.39 is 16.3 Å². The van der Waals surface area contributed by atoms with E-state index in [0.717, 1.165) is 6.07 Å². The van der Waals surface area contributed by atoms with Gasteiger partial charge in [0.05, 0.1) is 23.3 Å². The number of nitro groups is 1. The predicted molar refractivity (Wildman–Crippen MR) is 133 cm³/mol. The molecule has 3 aromatic carbocycles. The summed E-state index contributed by atoms with van der Waals surface area (Å²) in [6.45, 7) is 1.56. The first-order valence-electron chi connectivity index (χ1n) is 10.4. The van der Waals surface area contributed by atoms with Crippen molar-refractivity contribution < 1.29 is 14.5 Å². The molecule has 4 aromatic rings. The molecule has 0 unspecified atom stereocenters. The molecule has 10 heteroatoms. The van der Waals surface area contributed by atoms with Gasteiger partial charge in [0.25, 0.3) is 11.6 Å². The normalized spacial score (nSPS) is 10.6. The number of nitrogens with zero attached hydrogens (tertiary/aromatic N) is 3. The summed E-state index contributed by atoms with van der Waals surface area (Å²) in [6, 6.07) is 18.9. The lowest BCUT2D eigenvalue weighted by molar-refractivity contribution is -0.384. The Kier molecular flexibility index (Phi) is 6.61. The maximum Gasteiger partial charge on any atom is 0.270 e. The topological polar surface area (TPSA) is 116 Å². The van der Waals surface area contributed by atoms with Crippen LogP contribution in [0.1, 0.15) is 16.1 Å². The van der Waals surface area contributed by atoms with Crippen molar-refractivity contribution in [1.82, 2.24) is 9.78 Å². The number of halogens is 1. The molecule has 0 fully saturated rings. The molecule has 0 spiro atoms. The van der Waals surface area contributed by atoms with Crippen LogP contribution >= 0.6 is 11.6 Å². The molecular weight excluding hydrogens is 472 g/mol. The Morgan fingerprint density at radius 2 is 1.83 bits per heavy atom. The average molecular weight is 491 g/mol. The molecule has 0 atom stereocenters. The molecule has 0 aliphatic rings. The van der Waals surface area contributed by atoms with Crippen LogP contribution in [0.2, 0.25) is 5.02 Å². The second-order valence-corrected chi connectivity index (χ2v) is 7.93. The molecule has 0 saturated heterocycles. The number of hydrogen-bond acceptors (Lipinski definition) is 6. The number of nitro benzene ring substituents is 1. The van der Waals surface area contributed by atoms with Crippen molar-refractivity contribution in [2.45, 2.75) is 6.92 Å². The molecule has 1 heterocycles. The van der Waals surface area contributed by atoms with Crippen molar-refractivity contribution in [3.63, 3.8) is 0 Å². The first-order valence-corrected chi connectivity index (χ1v) is 10.8. The highest BCUT2D eigenvalue weighted by molar-refractivity contribution is 6.30. The monoisotopic (exact) mass is 490 g/mol. The molecule has 0 aliphatic heterocycles. The second kappa shape index (κ2) is 9.78. The van der Waals surface area contributed by atoms with Gasteiger partial charge in [-0.2, -0.15) is 5.10 Å². The number of anilines is 1. The van der Waals surface area contributed by atoms with Crippen molar-refractivity contribution in [1.29, 1.82) is 0 Å². The van der Waals surface area contributed by atoms with Crippen LogP contribution in [0.25, 0.3) is 16.8 Å². The van der Waals surface area contributed by atoms with E-state index in [2.05, 4.69) is 10.4 Å². The van der Waals surface area contributed by atoms with Crippen LogP contribution in [0.4, 0.5) is 11.5 Å². The molecule has 0 bridgehead atoms. The number of carbonyl (C=O) groups is 1. The molecule has 0 aliphatic carbocycles. The van der Waals surface area contributed by atoms with Gasteiger partial charge in [-0.3, -0.25) is 19.7 Å². The molecule has 0 saturated carbocycles. The number of aromatic nitrogens is 2. The summed E-state index contributed by atoms with van der Waals surface area (Å²) in [4.78, 5) is 37.2. The number of rotatable bonds is 6. The Balaban J connectivity index is 1.98. The first kappa shape index (κ1) is 23.7. The van der Waals surface area contributed by atoms with Crippen LogP contribution in [0, 0.1) is 17.0 Å². The molecule has 1 N–H and O–H groups in total. The number of nitrogens with one attached hydrogen (secondary N) is 1. The van der Waals surface area contributed by atoms with E-state index in [4.69, 9.17) is 16.3 Å². The third kappa shape index (κ3) is 4.75. The predicted octanol–water partition coefficient (Wildman–Crippen LogP) is 5.03. The largest absolute Gasteiger partial charge is 0.496 e. The lowest BCUT2D eigenvalue weighted by atomic mass is 10.0. The van der Waals surface area contributed by atoms with E-state index in [1.807, 2.05) is 0 Å². The molecule has 0 radical (unpaired) electrons. The molecule has 1 amide bonds. The average Bonchev–Trinajstić information content (AvgIpc) is 2.86. The molecule has 4 rings (SSSR count). The van der Waals surface area contributed by atoms with Gasteiger partial charge in [0, 0.05) is 28.3 Å². The number of ether oxygens (including phenoxy) is 1. The van der Waals surface area contributed by atoms with Gasteiger partial charge in [-0.1, -0.05) is 41.9 Å². The Morgan fingerprint density at radius 1 is 1.09 bits per heavy atom. The summed E-state index contributed by atoms with van der Waals surface area (Å²) < 4.78 is 6.87. The number of aryl methyl sites for hydroxylation is 1. The Hall–Kier alpha value is -4.50. The molecule has 1 aromatic heterocycles. The lowest BCUT2D eigenvalue weighted by Crippen LogP contribution is -2.25. The van der Waals surface area contributed by atoms with E-state index in [-0.39, 0.29) is 28.3 Å². The number of methoxy groups -OCH3 is 1. The van der Waals surface area contributed by atoms with Crippen molar-refractivity contribution in [2.75, 3.05) is 12.4 Å². The van der Waals surface area contributed by atoms with Gasteiger partial charge in [-0.15, -0.1) is 0 Å². The molecule has 176 valence electrons. The van der Waals surface area contributed by atoms with Gasteiger partial charge in [-0.05, 0) is 37.3 Å². The summed E-state index contributed by atoms with van der Waals surface area (Å²) in [7, 11) is 1.48. The standard InChI is InChI=1S/C25H19ClN4O5/c1-15-23(31)22(20-11-3-4-12-21(20)35-2)24(29(28-15)18-9-6-8-17(26)14-18)27-25(32)16-7-5-10-19(13-16)30(33)34/h3-14H,1-2H3,(H,27,32). The maximum absolute atomic E-state index is 13.4. The number of carbonyl (C=O) groups excluding carboxylic acids is 1. The highest BCUT2D eigenvalue weighted by Gasteiger charge is 2.23. The fraction of sp³-hybridized carbons (Fsp3) is 0.0800. The zero-order valence-electron chi connectivity index (χ0n) is 18.7. The number of amides is 1.